The van der Waals surface area contributed by atoms with E-state index in [-0.39, 0.29) is 16.9 Å². The van der Waals surface area contributed by atoms with Gasteiger partial charge < -0.3 is 15.5 Å². The number of ether oxygens (including phenoxy) is 1. The van der Waals surface area contributed by atoms with E-state index in [1.54, 1.807) is 26.8 Å². The van der Waals surface area contributed by atoms with Gasteiger partial charge >= 0.3 is 6.09 Å². The fraction of sp³-hybridized carbons (Fsp3) is 0.267. The van der Waals surface area contributed by atoms with Crippen LogP contribution in [-0.4, -0.2) is 33.5 Å². The summed E-state index contributed by atoms with van der Waals surface area (Å²) in [5, 5.41) is 13.7. The molecule has 0 saturated carbocycles. The Labute approximate surface area is 142 Å². The van der Waals surface area contributed by atoms with E-state index in [1.165, 1.54) is 18.2 Å². The molecule has 0 unspecified atom stereocenters. The highest BCUT2D eigenvalue weighted by molar-refractivity contribution is 6.08. The number of carbonyl (C=O) groups is 2. The molecule has 10 heteroatoms. The maximum atomic E-state index is 12.1. The zero-order valence-corrected chi connectivity index (χ0v) is 13.8. The molecule has 10 nitrogen and oxygen atoms in total. The SMILES string of the molecule is CC(C)(C)OC(=O)/N=C(\N)NC(=O)c1cc2cccc([N+](=O)[O-])c2[nH]1. The predicted molar refractivity (Wildman–Crippen MR) is 90.3 cm³/mol. The average Bonchev–Trinajstić information content (AvgIpc) is 2.88. The summed E-state index contributed by atoms with van der Waals surface area (Å²) in [6.07, 6.45) is -0.947. The van der Waals surface area contributed by atoms with E-state index in [0.29, 0.717) is 5.39 Å². The number of amides is 2. The van der Waals surface area contributed by atoms with Gasteiger partial charge in [-0.05, 0) is 26.8 Å². The number of hydrogen-bond acceptors (Lipinski definition) is 5. The summed E-state index contributed by atoms with van der Waals surface area (Å²) in [6.45, 7) is 4.98. The minimum absolute atomic E-state index is 0.0339. The maximum absolute atomic E-state index is 12.1. The summed E-state index contributed by atoms with van der Waals surface area (Å²) in [7, 11) is 0. The standard InChI is InChI=1S/C15H17N5O5/c1-15(2,3)25-14(22)19-13(16)18-12(21)9-7-8-5-4-6-10(20(23)24)11(8)17-9/h4-7,17H,1-3H3,(H3,16,18,19,21,22). The second-order valence-corrected chi connectivity index (χ2v) is 6.11. The molecule has 132 valence electrons. The van der Waals surface area contributed by atoms with Gasteiger partial charge in [0.05, 0.1) is 4.92 Å². The van der Waals surface area contributed by atoms with E-state index in [1.807, 2.05) is 0 Å². The van der Waals surface area contributed by atoms with Crippen molar-refractivity contribution in [1.29, 1.82) is 0 Å². The molecule has 0 aliphatic rings. The normalized spacial score (nSPS) is 12.0. The molecular formula is C15H17N5O5. The number of fused-ring (bicyclic) bond motifs is 1. The molecule has 1 heterocycles. The van der Waals surface area contributed by atoms with Crippen LogP contribution >= 0.6 is 0 Å². The number of nitro groups is 1. The molecule has 0 radical (unpaired) electrons. The topological polar surface area (TPSA) is 153 Å². The number of nitrogens with two attached hydrogens (primary N) is 1. The van der Waals surface area contributed by atoms with Gasteiger partial charge in [-0.15, -0.1) is 4.99 Å². The first-order valence-corrected chi connectivity index (χ1v) is 7.21. The molecule has 2 amide bonds. The molecule has 0 bridgehead atoms. The number of H-pyrrole nitrogens is 1. The number of aliphatic imine (C=N–C) groups is 1. The number of hydrogen-bond donors (Lipinski definition) is 3. The first-order chi connectivity index (χ1) is 11.6. The van der Waals surface area contributed by atoms with Crippen LogP contribution in [0.1, 0.15) is 31.3 Å². The Hall–Kier alpha value is -3.43. The number of nitro benzene ring substituents is 1. The Bertz CT molecular complexity index is 878. The highest BCUT2D eigenvalue weighted by atomic mass is 16.6. The van der Waals surface area contributed by atoms with Gasteiger partial charge in [0.15, 0.2) is 0 Å². The van der Waals surface area contributed by atoms with Gasteiger partial charge in [0.2, 0.25) is 5.96 Å². The summed E-state index contributed by atoms with van der Waals surface area (Å²) >= 11 is 0. The number of aromatic amines is 1. The Morgan fingerprint density at radius 1 is 1.36 bits per heavy atom. The van der Waals surface area contributed by atoms with Gasteiger partial charge in [0.25, 0.3) is 11.6 Å². The van der Waals surface area contributed by atoms with E-state index in [4.69, 9.17) is 10.5 Å². The van der Waals surface area contributed by atoms with Crippen molar-refractivity contribution in [2.45, 2.75) is 26.4 Å². The van der Waals surface area contributed by atoms with Crippen LogP contribution in [0.2, 0.25) is 0 Å². The smallest absolute Gasteiger partial charge is 0.437 e. The summed E-state index contributed by atoms with van der Waals surface area (Å²) in [4.78, 5) is 40.2. The van der Waals surface area contributed by atoms with Crippen LogP contribution in [0.15, 0.2) is 29.3 Å². The third kappa shape index (κ3) is 4.53. The number of non-ortho nitro benzene ring substituents is 1. The number of guanidine groups is 1. The van der Waals surface area contributed by atoms with Crippen molar-refractivity contribution < 1.29 is 19.2 Å². The molecule has 1 aromatic heterocycles. The van der Waals surface area contributed by atoms with Crippen LogP contribution in [0.25, 0.3) is 10.9 Å². The molecule has 0 saturated heterocycles. The Balaban J connectivity index is 2.18. The molecule has 2 aromatic rings. The highest BCUT2D eigenvalue weighted by Crippen LogP contribution is 2.25. The fourth-order valence-electron chi connectivity index (χ4n) is 2.01. The molecule has 0 fully saturated rings. The summed E-state index contributed by atoms with van der Waals surface area (Å²) in [5.41, 5.74) is 4.83. The van der Waals surface area contributed by atoms with Crippen molar-refractivity contribution in [3.05, 3.63) is 40.1 Å². The first-order valence-electron chi connectivity index (χ1n) is 7.21. The van der Waals surface area contributed by atoms with E-state index >= 15 is 0 Å². The summed E-state index contributed by atoms with van der Waals surface area (Å²) in [5.74, 6) is -1.15. The van der Waals surface area contributed by atoms with Gasteiger partial charge in [-0.1, -0.05) is 12.1 Å². The van der Waals surface area contributed by atoms with Gasteiger partial charge in [-0.2, -0.15) is 0 Å². The lowest BCUT2D eigenvalue weighted by Gasteiger charge is -2.17. The number of benzene rings is 1. The van der Waals surface area contributed by atoms with Crippen molar-refractivity contribution in [3.63, 3.8) is 0 Å². The molecule has 1 aromatic carbocycles. The van der Waals surface area contributed by atoms with Crippen LogP contribution in [-0.2, 0) is 4.74 Å². The average molecular weight is 347 g/mol. The van der Waals surface area contributed by atoms with Crippen molar-refractivity contribution >= 4 is 34.6 Å². The lowest BCUT2D eigenvalue weighted by molar-refractivity contribution is -0.383. The minimum Gasteiger partial charge on any atom is -0.442 e. The predicted octanol–water partition coefficient (Wildman–Crippen LogP) is 2.06. The number of nitrogens with zero attached hydrogens (tertiary/aromatic N) is 2. The number of rotatable bonds is 2. The van der Waals surface area contributed by atoms with Crippen LogP contribution in [0.3, 0.4) is 0 Å². The maximum Gasteiger partial charge on any atom is 0.437 e. The number of aromatic nitrogens is 1. The third-order valence-electron chi connectivity index (χ3n) is 2.92. The molecule has 0 spiro atoms. The van der Waals surface area contributed by atoms with Gasteiger partial charge in [-0.3, -0.25) is 20.2 Å². The van der Waals surface area contributed by atoms with Gasteiger partial charge in [-0.25, -0.2) is 4.79 Å². The van der Waals surface area contributed by atoms with E-state index in [9.17, 15) is 19.7 Å². The van der Waals surface area contributed by atoms with Crippen LogP contribution in [0.5, 0.6) is 0 Å². The summed E-state index contributed by atoms with van der Waals surface area (Å²) < 4.78 is 4.95. The highest BCUT2D eigenvalue weighted by Gasteiger charge is 2.19. The zero-order valence-electron chi connectivity index (χ0n) is 13.8. The lowest BCUT2D eigenvalue weighted by atomic mass is 10.2. The van der Waals surface area contributed by atoms with Gasteiger partial charge in [0, 0.05) is 11.5 Å². The first kappa shape index (κ1) is 17.9. The van der Waals surface area contributed by atoms with E-state index < -0.39 is 28.5 Å². The summed E-state index contributed by atoms with van der Waals surface area (Å²) in [6, 6.07) is 5.87. The third-order valence-corrected chi connectivity index (χ3v) is 2.92. The fourth-order valence-corrected chi connectivity index (χ4v) is 2.01. The number of para-hydroxylation sites is 1. The quantitative estimate of drug-likeness (QED) is 0.327. The van der Waals surface area contributed by atoms with Crippen molar-refractivity contribution in [1.82, 2.24) is 10.3 Å². The van der Waals surface area contributed by atoms with Crippen LogP contribution < -0.4 is 11.1 Å². The largest absolute Gasteiger partial charge is 0.442 e. The van der Waals surface area contributed by atoms with Crippen molar-refractivity contribution in [2.24, 2.45) is 10.7 Å². The van der Waals surface area contributed by atoms with Crippen LogP contribution in [0.4, 0.5) is 10.5 Å². The Morgan fingerprint density at radius 3 is 2.64 bits per heavy atom. The zero-order chi connectivity index (χ0) is 18.8. The Morgan fingerprint density at radius 2 is 2.04 bits per heavy atom. The molecule has 0 atom stereocenters. The molecule has 0 aliphatic heterocycles. The van der Waals surface area contributed by atoms with Gasteiger partial charge in [0.1, 0.15) is 16.8 Å². The number of carbonyl (C=O) groups excluding carboxylic acids is 2. The Kier molecular flexibility index (Phi) is 4.72. The van der Waals surface area contributed by atoms with E-state index in [2.05, 4.69) is 15.3 Å². The van der Waals surface area contributed by atoms with E-state index in [0.717, 1.165) is 0 Å². The molecule has 0 aliphatic carbocycles. The number of nitrogens with one attached hydrogen (secondary N) is 2. The minimum atomic E-state index is -0.947. The molecule has 2 rings (SSSR count). The van der Waals surface area contributed by atoms with Crippen molar-refractivity contribution in [2.75, 3.05) is 0 Å². The lowest BCUT2D eigenvalue weighted by Crippen LogP contribution is -2.38. The molecule has 4 N–H and O–H groups in total. The molecular weight excluding hydrogens is 330 g/mol. The van der Waals surface area contributed by atoms with Crippen LogP contribution in [0, 0.1) is 10.1 Å². The molecule has 25 heavy (non-hydrogen) atoms. The second-order valence-electron chi connectivity index (χ2n) is 6.11. The monoisotopic (exact) mass is 347 g/mol. The second kappa shape index (κ2) is 6.59. The van der Waals surface area contributed by atoms with Crippen molar-refractivity contribution in [3.8, 4) is 0 Å².